The third-order valence-electron chi connectivity index (χ3n) is 8.66. The summed E-state index contributed by atoms with van der Waals surface area (Å²) >= 11 is 0. The van der Waals surface area contributed by atoms with Crippen LogP contribution in [0.25, 0.3) is 0 Å². The van der Waals surface area contributed by atoms with Gasteiger partial charge in [0.15, 0.2) is 6.61 Å². The summed E-state index contributed by atoms with van der Waals surface area (Å²) in [5, 5.41) is 17.9. The van der Waals surface area contributed by atoms with Crippen molar-refractivity contribution in [3.05, 3.63) is 101 Å². The van der Waals surface area contributed by atoms with E-state index in [1.54, 1.807) is 4.90 Å². The monoisotopic (exact) mass is 627 g/mol. The molecule has 0 bridgehead atoms. The van der Waals surface area contributed by atoms with Crippen molar-refractivity contribution >= 4 is 17.7 Å². The zero-order valence-corrected chi connectivity index (χ0v) is 27.6. The van der Waals surface area contributed by atoms with E-state index >= 15 is 0 Å². The third-order valence-corrected chi connectivity index (χ3v) is 8.66. The average Bonchev–Trinajstić information content (AvgIpc) is 3.02. The molecule has 1 heterocycles. The maximum atomic E-state index is 13.9. The zero-order valence-electron chi connectivity index (χ0n) is 27.6. The number of likely N-dealkylation sites (tertiary alicyclic amines) is 1. The molecule has 3 amide bonds. The highest BCUT2D eigenvalue weighted by Gasteiger charge is 2.35. The van der Waals surface area contributed by atoms with E-state index in [4.69, 9.17) is 4.74 Å². The van der Waals surface area contributed by atoms with Crippen LogP contribution >= 0.6 is 0 Å². The predicted molar refractivity (Wildman–Crippen MR) is 180 cm³/mol. The Morgan fingerprint density at radius 1 is 0.848 bits per heavy atom. The number of carbonyl (C=O) groups is 3. The van der Waals surface area contributed by atoms with E-state index in [1.165, 1.54) is 0 Å². The molecule has 46 heavy (non-hydrogen) atoms. The highest BCUT2D eigenvalue weighted by atomic mass is 16.5. The second-order valence-electron chi connectivity index (χ2n) is 12.8. The summed E-state index contributed by atoms with van der Waals surface area (Å²) in [4.78, 5) is 41.6. The van der Waals surface area contributed by atoms with Crippen LogP contribution in [0.3, 0.4) is 0 Å². The number of benzene rings is 3. The molecule has 0 aliphatic carbocycles. The van der Waals surface area contributed by atoms with Gasteiger partial charge in [0, 0.05) is 19.0 Å². The Labute approximate surface area is 273 Å². The molecule has 8 heteroatoms. The molecule has 1 saturated heterocycles. The van der Waals surface area contributed by atoms with Crippen molar-refractivity contribution in [1.82, 2.24) is 15.5 Å². The van der Waals surface area contributed by atoms with Crippen LogP contribution in [0.4, 0.5) is 0 Å². The van der Waals surface area contributed by atoms with Gasteiger partial charge in [0.05, 0.1) is 12.1 Å². The lowest BCUT2D eigenvalue weighted by molar-refractivity contribution is -0.144. The quantitative estimate of drug-likeness (QED) is 0.222. The predicted octanol–water partition coefficient (Wildman–Crippen LogP) is 4.93. The van der Waals surface area contributed by atoms with E-state index in [1.807, 2.05) is 107 Å². The van der Waals surface area contributed by atoms with Gasteiger partial charge in [-0.15, -0.1) is 0 Å². The van der Waals surface area contributed by atoms with Gasteiger partial charge in [0.25, 0.3) is 5.91 Å². The molecular formula is C38H49N3O5. The van der Waals surface area contributed by atoms with E-state index in [0.717, 1.165) is 35.1 Å². The SMILES string of the molecule is Cc1cccc(C)c1OCC(=O)N[C@@H](Cc1ccccc1)[C@@H](O)C[C@H](Cc1ccccc1)NC(=O)[C@H](C(C)C)N1CCCCC1=O. The number of nitrogens with zero attached hydrogens (tertiary/aromatic N) is 1. The minimum absolute atomic E-state index is 0.00786. The second kappa shape index (κ2) is 16.9. The van der Waals surface area contributed by atoms with Gasteiger partial charge in [-0.3, -0.25) is 14.4 Å². The van der Waals surface area contributed by atoms with Crippen LogP contribution in [0, 0.1) is 19.8 Å². The zero-order chi connectivity index (χ0) is 33.1. The van der Waals surface area contributed by atoms with Crippen LogP contribution in [0.2, 0.25) is 0 Å². The van der Waals surface area contributed by atoms with Crippen molar-refractivity contribution in [2.75, 3.05) is 13.2 Å². The van der Waals surface area contributed by atoms with Gasteiger partial charge >= 0.3 is 0 Å². The average molecular weight is 628 g/mol. The molecule has 3 aromatic carbocycles. The Bertz CT molecular complexity index is 1410. The number of nitrogens with one attached hydrogen (secondary N) is 2. The standard InChI is InChI=1S/C38H49N3O5/c1-26(2)36(41-21-12-11-20-35(41)44)38(45)39-31(22-29-16-7-5-8-17-29)24-33(42)32(23-30-18-9-6-10-19-30)40-34(43)25-46-37-27(3)14-13-15-28(37)4/h5-10,13-19,26,31-33,36,42H,11-12,20-25H2,1-4H3,(H,39,45)(H,40,43)/t31-,32-,33-,36-/m0/s1. The number of amides is 3. The van der Waals surface area contributed by atoms with Crippen molar-refractivity contribution < 1.29 is 24.2 Å². The fourth-order valence-corrected chi connectivity index (χ4v) is 6.32. The summed E-state index contributed by atoms with van der Waals surface area (Å²) in [6.07, 6.45) is 2.29. The van der Waals surface area contributed by atoms with Crippen molar-refractivity contribution in [3.63, 3.8) is 0 Å². The van der Waals surface area contributed by atoms with Crippen molar-refractivity contribution in [3.8, 4) is 5.75 Å². The van der Waals surface area contributed by atoms with Crippen molar-refractivity contribution in [1.29, 1.82) is 0 Å². The van der Waals surface area contributed by atoms with Gasteiger partial charge in [0.1, 0.15) is 11.8 Å². The number of piperidine rings is 1. The number of para-hydroxylation sites is 1. The number of hydrogen-bond donors (Lipinski definition) is 3. The Balaban J connectivity index is 1.52. The lowest BCUT2D eigenvalue weighted by Crippen LogP contribution is -2.56. The summed E-state index contributed by atoms with van der Waals surface area (Å²) in [6, 6.07) is 23.7. The Kier molecular flexibility index (Phi) is 12.8. The lowest BCUT2D eigenvalue weighted by Gasteiger charge is -2.37. The Hall–Kier alpha value is -4.17. The number of hydrogen-bond acceptors (Lipinski definition) is 5. The highest BCUT2D eigenvalue weighted by Crippen LogP contribution is 2.23. The van der Waals surface area contributed by atoms with Crippen molar-refractivity contribution in [2.24, 2.45) is 5.92 Å². The van der Waals surface area contributed by atoms with Gasteiger partial charge in [-0.05, 0) is 74.1 Å². The molecule has 0 aromatic heterocycles. The molecule has 1 fully saturated rings. The first-order valence-corrected chi connectivity index (χ1v) is 16.5. The molecule has 4 atom stereocenters. The topological polar surface area (TPSA) is 108 Å². The van der Waals surface area contributed by atoms with E-state index in [9.17, 15) is 19.5 Å². The van der Waals surface area contributed by atoms with Crippen LogP contribution in [0.1, 0.15) is 61.8 Å². The van der Waals surface area contributed by atoms with E-state index in [2.05, 4.69) is 10.6 Å². The van der Waals surface area contributed by atoms with Gasteiger partial charge in [0.2, 0.25) is 11.8 Å². The first kappa shape index (κ1) is 34.7. The summed E-state index contributed by atoms with van der Waals surface area (Å²) in [5.74, 6) is 0.0500. The number of aliphatic hydroxyl groups excluding tert-OH is 1. The molecule has 0 saturated carbocycles. The lowest BCUT2D eigenvalue weighted by atomic mass is 9.92. The number of aliphatic hydroxyl groups is 1. The molecular weight excluding hydrogens is 578 g/mol. The number of ether oxygens (including phenoxy) is 1. The van der Waals surface area contributed by atoms with E-state index in [0.29, 0.717) is 31.6 Å². The van der Waals surface area contributed by atoms with Crippen LogP contribution < -0.4 is 15.4 Å². The maximum absolute atomic E-state index is 13.9. The Morgan fingerprint density at radius 3 is 2.04 bits per heavy atom. The largest absolute Gasteiger partial charge is 0.483 e. The molecule has 4 rings (SSSR count). The van der Waals surface area contributed by atoms with Crippen LogP contribution in [0.5, 0.6) is 5.75 Å². The number of rotatable bonds is 15. The van der Waals surface area contributed by atoms with Gasteiger partial charge in [-0.25, -0.2) is 0 Å². The van der Waals surface area contributed by atoms with E-state index < -0.39 is 24.2 Å². The molecule has 8 nitrogen and oxygen atoms in total. The first-order valence-electron chi connectivity index (χ1n) is 16.5. The number of carbonyl (C=O) groups excluding carboxylic acids is 3. The van der Waals surface area contributed by atoms with E-state index in [-0.39, 0.29) is 36.7 Å². The van der Waals surface area contributed by atoms with Crippen LogP contribution in [0.15, 0.2) is 78.9 Å². The molecule has 3 aromatic rings. The first-order chi connectivity index (χ1) is 22.1. The second-order valence-corrected chi connectivity index (χ2v) is 12.8. The number of aryl methyl sites for hydroxylation is 2. The normalized spacial score (nSPS) is 16.0. The highest BCUT2D eigenvalue weighted by molar-refractivity contribution is 5.88. The van der Waals surface area contributed by atoms with Crippen LogP contribution in [-0.2, 0) is 27.2 Å². The molecule has 1 aliphatic heterocycles. The minimum Gasteiger partial charge on any atom is -0.483 e. The van der Waals surface area contributed by atoms with Gasteiger partial charge < -0.3 is 25.4 Å². The molecule has 0 radical (unpaired) electrons. The summed E-state index contributed by atoms with van der Waals surface area (Å²) in [7, 11) is 0. The van der Waals surface area contributed by atoms with Crippen molar-refractivity contribution in [2.45, 2.75) is 90.4 Å². The molecule has 0 spiro atoms. The summed E-state index contributed by atoms with van der Waals surface area (Å²) in [5.41, 5.74) is 3.87. The molecule has 1 aliphatic rings. The third kappa shape index (κ3) is 9.91. The summed E-state index contributed by atoms with van der Waals surface area (Å²) in [6.45, 7) is 8.17. The minimum atomic E-state index is -0.979. The smallest absolute Gasteiger partial charge is 0.258 e. The fraction of sp³-hybridized carbons (Fsp3) is 0.447. The Morgan fingerprint density at radius 2 is 1.46 bits per heavy atom. The summed E-state index contributed by atoms with van der Waals surface area (Å²) < 4.78 is 5.91. The molecule has 246 valence electrons. The molecule has 3 N–H and O–H groups in total. The fourth-order valence-electron chi connectivity index (χ4n) is 6.32. The maximum Gasteiger partial charge on any atom is 0.258 e. The van der Waals surface area contributed by atoms with Gasteiger partial charge in [-0.2, -0.15) is 0 Å². The van der Waals surface area contributed by atoms with Crippen LogP contribution in [-0.4, -0.2) is 65.1 Å². The molecule has 0 unspecified atom stereocenters. The van der Waals surface area contributed by atoms with Gasteiger partial charge in [-0.1, -0.05) is 92.7 Å².